The minimum absolute atomic E-state index is 0.255. The molecule has 0 spiro atoms. The molecule has 0 atom stereocenters. The van der Waals surface area contributed by atoms with Crippen molar-refractivity contribution in [3.63, 3.8) is 0 Å². The summed E-state index contributed by atoms with van der Waals surface area (Å²) in [5.74, 6) is 2.36. The lowest BCUT2D eigenvalue weighted by Crippen LogP contribution is -2.43. The van der Waals surface area contributed by atoms with Crippen molar-refractivity contribution in [1.29, 1.82) is 0 Å². The van der Waals surface area contributed by atoms with Crippen LogP contribution in [0.15, 0.2) is 18.2 Å². The number of aromatic nitrogens is 4. The third-order valence-electron chi connectivity index (χ3n) is 5.71. The lowest BCUT2D eigenvalue weighted by Gasteiger charge is -2.37. The van der Waals surface area contributed by atoms with Crippen LogP contribution in [0.4, 0.5) is 0 Å². The predicted molar refractivity (Wildman–Crippen MR) is 109 cm³/mol. The van der Waals surface area contributed by atoms with Crippen LogP contribution in [-0.2, 0) is 6.54 Å². The number of H-pyrrole nitrogens is 1. The molecule has 0 saturated carbocycles. The van der Waals surface area contributed by atoms with Gasteiger partial charge in [-0.3, -0.25) is 4.90 Å². The van der Waals surface area contributed by atoms with Gasteiger partial charge in [0.05, 0.1) is 16.6 Å². The molecule has 0 unspecified atom stereocenters. The molecule has 4 rings (SSSR count). The van der Waals surface area contributed by atoms with Gasteiger partial charge in [-0.05, 0) is 56.8 Å². The molecule has 3 heterocycles. The zero-order valence-corrected chi connectivity index (χ0v) is 17.4. The smallest absolute Gasteiger partial charge is 0.188 e. The fraction of sp³-hybridized carbons (Fsp3) is 0.632. The summed E-state index contributed by atoms with van der Waals surface area (Å²) in [5.41, 5.74) is 0. The molecule has 152 valence electrons. The Morgan fingerprint density at radius 3 is 2.43 bits per heavy atom. The number of halogens is 2. The number of tetrazole rings is 1. The van der Waals surface area contributed by atoms with E-state index in [0.717, 1.165) is 63.1 Å². The Kier molecular flexibility index (Phi) is 6.67. The molecule has 2 aromatic rings. The standard InChI is InChI=1S/C19H26Cl2N6O/c20-17-2-1-16(11-18(17)21)28-15-5-9-26(10-6-15)12-14-3-7-27(8-4-14)13-19-22-24-25-23-19/h1-2,11,14-15H,3-10,12-13H2,(H,22,23,24,25). The van der Waals surface area contributed by atoms with Crippen LogP contribution in [0.25, 0.3) is 0 Å². The normalized spacial score (nSPS) is 20.5. The molecule has 1 aromatic carbocycles. The average molecular weight is 425 g/mol. The van der Waals surface area contributed by atoms with E-state index in [-0.39, 0.29) is 6.10 Å². The number of hydrogen-bond donors (Lipinski definition) is 1. The van der Waals surface area contributed by atoms with Crippen LogP contribution >= 0.6 is 23.2 Å². The molecule has 0 bridgehead atoms. The van der Waals surface area contributed by atoms with Crippen LogP contribution < -0.4 is 4.74 Å². The number of aromatic amines is 1. The summed E-state index contributed by atoms with van der Waals surface area (Å²) < 4.78 is 6.10. The third kappa shape index (κ3) is 5.35. The number of ether oxygens (including phenoxy) is 1. The Bertz CT molecular complexity index is 743. The van der Waals surface area contributed by atoms with E-state index in [2.05, 4.69) is 30.4 Å². The minimum Gasteiger partial charge on any atom is -0.490 e. The fourth-order valence-corrected chi connectivity index (χ4v) is 4.38. The van der Waals surface area contributed by atoms with E-state index in [1.54, 1.807) is 12.1 Å². The van der Waals surface area contributed by atoms with Gasteiger partial charge in [0, 0.05) is 25.7 Å². The molecule has 2 fully saturated rings. The van der Waals surface area contributed by atoms with Crippen molar-refractivity contribution < 1.29 is 4.74 Å². The number of benzene rings is 1. The minimum atomic E-state index is 0.255. The van der Waals surface area contributed by atoms with Gasteiger partial charge in [-0.25, -0.2) is 0 Å². The lowest BCUT2D eigenvalue weighted by molar-refractivity contribution is 0.0769. The van der Waals surface area contributed by atoms with Crippen molar-refractivity contribution in [2.24, 2.45) is 5.92 Å². The van der Waals surface area contributed by atoms with Gasteiger partial charge in [0.1, 0.15) is 11.9 Å². The van der Waals surface area contributed by atoms with Crippen LogP contribution in [0.3, 0.4) is 0 Å². The van der Waals surface area contributed by atoms with Gasteiger partial charge in [-0.2, -0.15) is 5.21 Å². The quantitative estimate of drug-likeness (QED) is 0.766. The number of nitrogens with one attached hydrogen (secondary N) is 1. The summed E-state index contributed by atoms with van der Waals surface area (Å²) >= 11 is 12.0. The first-order chi connectivity index (χ1) is 13.7. The second-order valence-electron chi connectivity index (χ2n) is 7.74. The maximum absolute atomic E-state index is 6.10. The third-order valence-corrected chi connectivity index (χ3v) is 6.45. The Labute approximate surface area is 175 Å². The molecular weight excluding hydrogens is 399 g/mol. The molecule has 0 radical (unpaired) electrons. The molecule has 28 heavy (non-hydrogen) atoms. The molecular formula is C19H26Cl2N6O. The van der Waals surface area contributed by atoms with Crippen molar-refractivity contribution in [3.8, 4) is 5.75 Å². The largest absolute Gasteiger partial charge is 0.490 e. The van der Waals surface area contributed by atoms with Crippen molar-refractivity contribution in [2.45, 2.75) is 38.3 Å². The fourth-order valence-electron chi connectivity index (χ4n) is 4.09. The SMILES string of the molecule is Clc1ccc(OC2CCN(CC3CCN(Cc4nn[nH]n4)CC3)CC2)cc1Cl. The number of nitrogens with zero attached hydrogens (tertiary/aromatic N) is 5. The Morgan fingerprint density at radius 1 is 1.00 bits per heavy atom. The summed E-state index contributed by atoms with van der Waals surface area (Å²) in [6.45, 7) is 6.38. The molecule has 2 aliphatic rings. The highest BCUT2D eigenvalue weighted by Gasteiger charge is 2.26. The Hall–Kier alpha value is -1.41. The van der Waals surface area contributed by atoms with E-state index in [4.69, 9.17) is 27.9 Å². The van der Waals surface area contributed by atoms with Crippen LogP contribution in [0.2, 0.25) is 10.0 Å². The van der Waals surface area contributed by atoms with E-state index in [1.807, 2.05) is 6.07 Å². The van der Waals surface area contributed by atoms with Gasteiger partial charge in [0.2, 0.25) is 0 Å². The second-order valence-corrected chi connectivity index (χ2v) is 8.56. The maximum Gasteiger partial charge on any atom is 0.188 e. The van der Waals surface area contributed by atoms with Crippen LogP contribution in [0, 0.1) is 5.92 Å². The van der Waals surface area contributed by atoms with Crippen molar-refractivity contribution in [1.82, 2.24) is 30.4 Å². The van der Waals surface area contributed by atoms with Gasteiger partial charge < -0.3 is 9.64 Å². The number of likely N-dealkylation sites (tertiary alicyclic amines) is 2. The topological polar surface area (TPSA) is 70.2 Å². The number of piperidine rings is 2. The first-order valence-electron chi connectivity index (χ1n) is 9.94. The first-order valence-corrected chi connectivity index (χ1v) is 10.7. The van der Waals surface area contributed by atoms with Gasteiger partial charge in [0.15, 0.2) is 5.82 Å². The second kappa shape index (κ2) is 9.39. The Morgan fingerprint density at radius 2 is 1.75 bits per heavy atom. The summed E-state index contributed by atoms with van der Waals surface area (Å²) in [6, 6.07) is 5.49. The summed E-state index contributed by atoms with van der Waals surface area (Å²) in [6.07, 6.45) is 4.83. The first kappa shape index (κ1) is 19.9. The number of rotatable bonds is 6. The predicted octanol–water partition coefficient (Wildman–Crippen LogP) is 3.26. The van der Waals surface area contributed by atoms with E-state index in [1.165, 1.54) is 19.4 Å². The van der Waals surface area contributed by atoms with Crippen molar-refractivity contribution in [2.75, 3.05) is 32.7 Å². The Balaban J connectivity index is 1.16. The molecule has 0 amide bonds. The number of hydrogen-bond acceptors (Lipinski definition) is 6. The highest BCUT2D eigenvalue weighted by Crippen LogP contribution is 2.28. The lowest BCUT2D eigenvalue weighted by atomic mass is 9.95. The van der Waals surface area contributed by atoms with Crippen molar-refractivity contribution >= 4 is 23.2 Å². The highest BCUT2D eigenvalue weighted by molar-refractivity contribution is 6.42. The molecule has 1 N–H and O–H groups in total. The summed E-state index contributed by atoms with van der Waals surface area (Å²) in [5, 5.41) is 15.3. The van der Waals surface area contributed by atoms with Crippen LogP contribution in [-0.4, -0.2) is 69.3 Å². The maximum atomic E-state index is 6.10. The zero-order chi connectivity index (χ0) is 19.3. The van der Waals surface area contributed by atoms with E-state index < -0.39 is 0 Å². The summed E-state index contributed by atoms with van der Waals surface area (Å²) in [7, 11) is 0. The molecule has 2 saturated heterocycles. The molecule has 7 nitrogen and oxygen atoms in total. The van der Waals surface area contributed by atoms with E-state index >= 15 is 0 Å². The zero-order valence-electron chi connectivity index (χ0n) is 15.9. The molecule has 2 aliphatic heterocycles. The van der Waals surface area contributed by atoms with Gasteiger partial charge >= 0.3 is 0 Å². The van der Waals surface area contributed by atoms with Gasteiger partial charge in [0.25, 0.3) is 0 Å². The molecule has 1 aromatic heterocycles. The molecule has 9 heteroatoms. The van der Waals surface area contributed by atoms with E-state index in [0.29, 0.717) is 10.0 Å². The monoisotopic (exact) mass is 424 g/mol. The van der Waals surface area contributed by atoms with E-state index in [9.17, 15) is 0 Å². The van der Waals surface area contributed by atoms with Gasteiger partial charge in [-0.15, -0.1) is 10.2 Å². The average Bonchev–Trinajstić information content (AvgIpc) is 3.21. The van der Waals surface area contributed by atoms with Crippen LogP contribution in [0.1, 0.15) is 31.5 Å². The van der Waals surface area contributed by atoms with Gasteiger partial charge in [-0.1, -0.05) is 28.4 Å². The molecule has 0 aliphatic carbocycles. The van der Waals surface area contributed by atoms with Crippen LogP contribution in [0.5, 0.6) is 5.75 Å². The summed E-state index contributed by atoms with van der Waals surface area (Å²) in [4.78, 5) is 5.01. The highest BCUT2D eigenvalue weighted by atomic mass is 35.5. The van der Waals surface area contributed by atoms with Crippen molar-refractivity contribution in [3.05, 3.63) is 34.1 Å².